The van der Waals surface area contributed by atoms with Crippen molar-refractivity contribution in [1.29, 1.82) is 0 Å². The van der Waals surface area contributed by atoms with Gasteiger partial charge in [0.1, 0.15) is 11.7 Å². The van der Waals surface area contributed by atoms with Crippen molar-refractivity contribution in [2.75, 3.05) is 11.9 Å². The van der Waals surface area contributed by atoms with Gasteiger partial charge in [0.05, 0.1) is 12.5 Å². The molecule has 0 aliphatic heterocycles. The van der Waals surface area contributed by atoms with E-state index in [4.69, 9.17) is 27.9 Å². The molecule has 1 aromatic carbocycles. The lowest BCUT2D eigenvalue weighted by atomic mass is 9.82. The van der Waals surface area contributed by atoms with Gasteiger partial charge in [-0.3, -0.25) is 14.3 Å². The highest BCUT2D eigenvalue weighted by Gasteiger charge is 2.45. The lowest BCUT2D eigenvalue weighted by Crippen LogP contribution is -2.26. The average Bonchev–Trinajstić information content (AvgIpc) is 3.19. The number of hydrogen-bond donors (Lipinski definition) is 1. The summed E-state index contributed by atoms with van der Waals surface area (Å²) in [6, 6.07) is 8.00. The van der Waals surface area contributed by atoms with Crippen molar-refractivity contribution >= 4 is 40.9 Å². The Labute approximate surface area is 209 Å². The number of halogens is 5. The second-order valence-corrected chi connectivity index (χ2v) is 8.41. The minimum Gasteiger partial charge on any atom is -0.465 e. The topological polar surface area (TPSA) is 86.1 Å². The van der Waals surface area contributed by atoms with Crippen LogP contribution in [0.25, 0.3) is 0 Å². The number of ether oxygens (including phenoxy) is 1. The highest BCUT2D eigenvalue weighted by atomic mass is 35.5. The SMILES string of the molecule is CCOC(=O)Cn1ccc(NC(=O)c2ccc(C(C)C(c3ccnc(Cl)c3)C(F)(F)F)c(Cl)c2)n1. The van der Waals surface area contributed by atoms with Gasteiger partial charge in [0.15, 0.2) is 5.82 Å². The summed E-state index contributed by atoms with van der Waals surface area (Å²) in [5, 5.41) is 6.58. The lowest BCUT2D eigenvalue weighted by molar-refractivity contribution is -0.154. The molecule has 2 unspecified atom stereocenters. The number of aromatic nitrogens is 3. The van der Waals surface area contributed by atoms with E-state index in [-0.39, 0.29) is 45.8 Å². The molecule has 0 saturated carbocycles. The van der Waals surface area contributed by atoms with Crippen LogP contribution in [0.5, 0.6) is 0 Å². The number of nitrogens with zero attached hydrogens (tertiary/aromatic N) is 3. The summed E-state index contributed by atoms with van der Waals surface area (Å²) in [7, 11) is 0. The van der Waals surface area contributed by atoms with Crippen molar-refractivity contribution in [3.05, 3.63) is 75.7 Å². The Morgan fingerprint density at radius 2 is 1.91 bits per heavy atom. The van der Waals surface area contributed by atoms with E-state index in [0.29, 0.717) is 0 Å². The number of pyridine rings is 1. The Kier molecular flexibility index (Phi) is 8.39. The van der Waals surface area contributed by atoms with E-state index >= 15 is 0 Å². The molecule has 0 fully saturated rings. The van der Waals surface area contributed by atoms with Crippen LogP contribution in [0.15, 0.2) is 48.8 Å². The van der Waals surface area contributed by atoms with Gasteiger partial charge in [-0.1, -0.05) is 36.2 Å². The van der Waals surface area contributed by atoms with Crippen LogP contribution >= 0.6 is 23.2 Å². The normalized spacial score (nSPS) is 13.2. The minimum atomic E-state index is -4.58. The van der Waals surface area contributed by atoms with Crippen molar-refractivity contribution in [1.82, 2.24) is 14.8 Å². The molecule has 0 saturated heterocycles. The number of carbonyl (C=O) groups is 2. The molecule has 1 N–H and O–H groups in total. The minimum absolute atomic E-state index is 0.00685. The number of benzene rings is 1. The molecular weight excluding hydrogens is 508 g/mol. The maximum Gasteiger partial charge on any atom is 0.396 e. The van der Waals surface area contributed by atoms with Crippen molar-refractivity contribution in [2.24, 2.45) is 0 Å². The molecule has 3 rings (SSSR count). The summed E-state index contributed by atoms with van der Waals surface area (Å²) >= 11 is 12.1. The fourth-order valence-electron chi connectivity index (χ4n) is 3.63. The van der Waals surface area contributed by atoms with Crippen LogP contribution in [-0.4, -0.2) is 39.4 Å². The van der Waals surface area contributed by atoms with E-state index in [1.807, 2.05) is 0 Å². The van der Waals surface area contributed by atoms with E-state index in [1.54, 1.807) is 6.92 Å². The van der Waals surface area contributed by atoms with Gasteiger partial charge in [-0.2, -0.15) is 18.3 Å². The Balaban J connectivity index is 1.78. The average molecular weight is 529 g/mol. The predicted octanol–water partition coefficient (Wildman–Crippen LogP) is 5.85. The molecule has 3 aromatic rings. The first kappa shape index (κ1) is 26.5. The summed E-state index contributed by atoms with van der Waals surface area (Å²) in [5.41, 5.74) is 0.305. The second-order valence-electron chi connectivity index (χ2n) is 7.61. The molecule has 1 amide bonds. The molecule has 12 heteroatoms. The number of amides is 1. The van der Waals surface area contributed by atoms with E-state index < -0.39 is 29.9 Å². The summed E-state index contributed by atoms with van der Waals surface area (Å²) < 4.78 is 48.1. The summed E-state index contributed by atoms with van der Waals surface area (Å²) in [6.45, 7) is 3.20. The van der Waals surface area contributed by atoms with Crippen LogP contribution in [0, 0.1) is 0 Å². The van der Waals surface area contributed by atoms with Gasteiger partial charge >= 0.3 is 12.1 Å². The second kappa shape index (κ2) is 11.1. The van der Waals surface area contributed by atoms with Crippen LogP contribution in [0.4, 0.5) is 19.0 Å². The Morgan fingerprint density at radius 1 is 1.17 bits per heavy atom. The number of hydrogen-bond acceptors (Lipinski definition) is 5. The molecule has 0 bridgehead atoms. The summed E-state index contributed by atoms with van der Waals surface area (Å²) in [6.07, 6.45) is -1.87. The zero-order valence-corrected chi connectivity index (χ0v) is 20.2. The molecule has 0 aliphatic carbocycles. The standard InChI is InChI=1S/C23H21Cl2F3N4O3/c1-3-35-20(33)12-32-9-7-19(31-32)30-22(34)15-4-5-16(17(24)10-15)13(2)21(23(26,27)28)14-6-8-29-18(25)11-14/h4-11,13,21H,3,12H2,1-2H3,(H,30,31,34). The molecule has 186 valence electrons. The molecule has 0 radical (unpaired) electrons. The number of alkyl halides is 3. The third-order valence-corrected chi connectivity index (χ3v) is 5.73. The molecular formula is C23H21Cl2F3N4O3. The number of esters is 1. The zero-order chi connectivity index (χ0) is 25.8. The van der Waals surface area contributed by atoms with Gasteiger partial charge in [0.25, 0.3) is 5.91 Å². The van der Waals surface area contributed by atoms with Crippen molar-refractivity contribution in [3.8, 4) is 0 Å². The first-order valence-corrected chi connectivity index (χ1v) is 11.2. The van der Waals surface area contributed by atoms with Gasteiger partial charge in [-0.15, -0.1) is 0 Å². The van der Waals surface area contributed by atoms with Gasteiger partial charge in [-0.25, -0.2) is 4.98 Å². The molecule has 7 nitrogen and oxygen atoms in total. The van der Waals surface area contributed by atoms with Crippen molar-refractivity contribution in [3.63, 3.8) is 0 Å². The van der Waals surface area contributed by atoms with Gasteiger partial charge in [0, 0.05) is 29.0 Å². The quantitative estimate of drug-likeness (QED) is 0.292. The highest BCUT2D eigenvalue weighted by Crippen LogP contribution is 2.46. The van der Waals surface area contributed by atoms with Gasteiger partial charge < -0.3 is 10.1 Å². The fourth-order valence-corrected chi connectivity index (χ4v) is 4.17. The highest BCUT2D eigenvalue weighted by molar-refractivity contribution is 6.32. The third-order valence-electron chi connectivity index (χ3n) is 5.19. The number of carbonyl (C=O) groups excluding carboxylic acids is 2. The van der Waals surface area contributed by atoms with E-state index in [0.717, 1.165) is 0 Å². The third kappa shape index (κ3) is 6.73. The first-order valence-electron chi connectivity index (χ1n) is 10.5. The molecule has 2 heterocycles. The lowest BCUT2D eigenvalue weighted by Gasteiger charge is -2.28. The van der Waals surface area contributed by atoms with Crippen LogP contribution in [0.3, 0.4) is 0 Å². The smallest absolute Gasteiger partial charge is 0.396 e. The van der Waals surface area contributed by atoms with Crippen molar-refractivity contribution < 1.29 is 27.5 Å². The molecule has 2 atom stereocenters. The first-order chi connectivity index (χ1) is 16.5. The van der Waals surface area contributed by atoms with Crippen LogP contribution in [-0.2, 0) is 16.1 Å². The van der Waals surface area contributed by atoms with E-state index in [9.17, 15) is 22.8 Å². The number of anilines is 1. The van der Waals surface area contributed by atoms with Crippen LogP contribution in [0.2, 0.25) is 10.2 Å². The monoisotopic (exact) mass is 528 g/mol. The number of rotatable bonds is 8. The van der Waals surface area contributed by atoms with Crippen LogP contribution < -0.4 is 5.32 Å². The number of nitrogens with one attached hydrogen (secondary N) is 1. The predicted molar refractivity (Wildman–Crippen MR) is 125 cm³/mol. The molecule has 35 heavy (non-hydrogen) atoms. The fraction of sp³-hybridized carbons (Fsp3) is 0.304. The van der Waals surface area contributed by atoms with E-state index in [2.05, 4.69) is 15.4 Å². The Hall–Kier alpha value is -3.11. The van der Waals surface area contributed by atoms with Gasteiger partial charge in [0.2, 0.25) is 0 Å². The largest absolute Gasteiger partial charge is 0.465 e. The maximum absolute atomic E-state index is 14.0. The molecule has 2 aromatic heterocycles. The zero-order valence-electron chi connectivity index (χ0n) is 18.6. The molecule has 0 aliphatic rings. The maximum atomic E-state index is 14.0. The van der Waals surface area contributed by atoms with Crippen molar-refractivity contribution in [2.45, 2.75) is 38.4 Å². The van der Waals surface area contributed by atoms with Gasteiger partial charge in [-0.05, 0) is 48.2 Å². The van der Waals surface area contributed by atoms with Crippen LogP contribution in [0.1, 0.15) is 47.2 Å². The Morgan fingerprint density at radius 3 is 2.54 bits per heavy atom. The molecule has 0 spiro atoms. The Bertz CT molecular complexity index is 1220. The summed E-state index contributed by atoms with van der Waals surface area (Å²) in [5.74, 6) is -3.82. The summed E-state index contributed by atoms with van der Waals surface area (Å²) in [4.78, 5) is 27.9. The van der Waals surface area contributed by atoms with E-state index in [1.165, 1.54) is 60.4 Å².